The molecule has 0 unspecified atom stereocenters. The summed E-state index contributed by atoms with van der Waals surface area (Å²) < 4.78 is 11.0. The van der Waals surface area contributed by atoms with Gasteiger partial charge < -0.3 is 14.6 Å². The van der Waals surface area contributed by atoms with E-state index in [1.54, 1.807) is 7.11 Å². The maximum Gasteiger partial charge on any atom is 0.224 e. The first kappa shape index (κ1) is 21.9. The van der Waals surface area contributed by atoms with Gasteiger partial charge in [-0.25, -0.2) is 0 Å². The zero-order chi connectivity index (χ0) is 21.8. The van der Waals surface area contributed by atoms with E-state index in [1.807, 2.05) is 13.8 Å². The SMILES string of the molecule is COc1ccc(CN2CCCCCNC(=O)[C@@H]3CCC[C@@H]32)cc1Cc1c(C)noc1C. The first-order chi connectivity index (χ1) is 15.1. The number of fused-ring (bicyclic) bond motifs is 1. The molecule has 2 heterocycles. The topological polar surface area (TPSA) is 67.6 Å². The van der Waals surface area contributed by atoms with Gasteiger partial charge in [-0.15, -0.1) is 0 Å². The normalized spacial score (nSPS) is 22.7. The van der Waals surface area contributed by atoms with E-state index in [4.69, 9.17) is 9.26 Å². The Kier molecular flexibility index (Phi) is 6.96. The number of amides is 1. The molecule has 1 saturated heterocycles. The van der Waals surface area contributed by atoms with Crippen LogP contribution in [0.3, 0.4) is 0 Å². The molecule has 2 aliphatic rings. The Labute approximate surface area is 185 Å². The number of hydrogen-bond donors (Lipinski definition) is 1. The van der Waals surface area contributed by atoms with Crippen LogP contribution in [-0.4, -0.2) is 42.2 Å². The summed E-state index contributed by atoms with van der Waals surface area (Å²) in [5.74, 6) is 2.13. The second-order valence-corrected chi connectivity index (χ2v) is 9.05. The van der Waals surface area contributed by atoms with E-state index in [9.17, 15) is 4.79 Å². The predicted molar refractivity (Wildman–Crippen MR) is 120 cm³/mol. The Bertz CT molecular complexity index is 888. The molecule has 168 valence electrons. The number of benzene rings is 1. The van der Waals surface area contributed by atoms with Crippen LogP contribution in [-0.2, 0) is 17.8 Å². The van der Waals surface area contributed by atoms with Gasteiger partial charge in [-0.1, -0.05) is 30.1 Å². The summed E-state index contributed by atoms with van der Waals surface area (Å²) in [5.41, 5.74) is 4.48. The molecule has 1 aromatic heterocycles. The molecular weight excluding hydrogens is 390 g/mol. The van der Waals surface area contributed by atoms with Crippen molar-refractivity contribution in [1.82, 2.24) is 15.4 Å². The number of ether oxygens (including phenoxy) is 1. The van der Waals surface area contributed by atoms with Gasteiger partial charge in [0.1, 0.15) is 11.5 Å². The van der Waals surface area contributed by atoms with E-state index < -0.39 is 0 Å². The van der Waals surface area contributed by atoms with Gasteiger partial charge in [0.25, 0.3) is 0 Å². The molecule has 1 aliphatic carbocycles. The molecule has 6 heteroatoms. The minimum absolute atomic E-state index is 0.123. The number of aromatic nitrogens is 1. The van der Waals surface area contributed by atoms with Gasteiger partial charge in [0.15, 0.2) is 0 Å². The highest BCUT2D eigenvalue weighted by atomic mass is 16.5. The van der Waals surface area contributed by atoms with Crippen molar-refractivity contribution in [3.63, 3.8) is 0 Å². The van der Waals surface area contributed by atoms with Gasteiger partial charge in [0.05, 0.1) is 18.7 Å². The van der Waals surface area contributed by atoms with E-state index >= 15 is 0 Å². The van der Waals surface area contributed by atoms with Crippen molar-refractivity contribution in [2.24, 2.45) is 5.92 Å². The van der Waals surface area contributed by atoms with Crippen molar-refractivity contribution >= 4 is 5.91 Å². The lowest BCUT2D eigenvalue weighted by Gasteiger charge is -2.33. The zero-order valence-electron chi connectivity index (χ0n) is 19.1. The van der Waals surface area contributed by atoms with Gasteiger partial charge in [-0.05, 0) is 63.3 Å². The van der Waals surface area contributed by atoms with Crippen LogP contribution in [0.5, 0.6) is 5.75 Å². The Hall–Kier alpha value is -2.34. The van der Waals surface area contributed by atoms with Gasteiger partial charge in [0, 0.05) is 31.1 Å². The van der Waals surface area contributed by atoms with Gasteiger partial charge >= 0.3 is 0 Å². The van der Waals surface area contributed by atoms with Crippen LogP contribution in [0.4, 0.5) is 0 Å². The average Bonchev–Trinajstić information content (AvgIpc) is 3.38. The van der Waals surface area contributed by atoms with Crippen molar-refractivity contribution in [2.75, 3.05) is 20.2 Å². The third kappa shape index (κ3) is 4.95. The largest absolute Gasteiger partial charge is 0.496 e. The van der Waals surface area contributed by atoms with Gasteiger partial charge in [-0.2, -0.15) is 0 Å². The Balaban J connectivity index is 1.57. The molecule has 0 radical (unpaired) electrons. The van der Waals surface area contributed by atoms with Crippen LogP contribution < -0.4 is 10.1 Å². The van der Waals surface area contributed by atoms with Crippen LogP contribution >= 0.6 is 0 Å². The molecule has 6 nitrogen and oxygen atoms in total. The molecule has 1 N–H and O–H groups in total. The predicted octanol–water partition coefficient (Wildman–Crippen LogP) is 4.16. The Morgan fingerprint density at radius 1 is 1.19 bits per heavy atom. The second-order valence-electron chi connectivity index (χ2n) is 9.05. The third-order valence-electron chi connectivity index (χ3n) is 6.99. The molecule has 1 saturated carbocycles. The van der Waals surface area contributed by atoms with Gasteiger partial charge in [0.2, 0.25) is 5.91 Å². The van der Waals surface area contributed by atoms with Crippen LogP contribution in [0.15, 0.2) is 22.7 Å². The van der Waals surface area contributed by atoms with Crippen molar-refractivity contribution < 1.29 is 14.1 Å². The zero-order valence-corrected chi connectivity index (χ0v) is 19.1. The number of nitrogens with one attached hydrogen (secondary N) is 1. The van der Waals surface area contributed by atoms with Crippen molar-refractivity contribution in [1.29, 1.82) is 0 Å². The Morgan fingerprint density at radius 2 is 2.06 bits per heavy atom. The summed E-state index contributed by atoms with van der Waals surface area (Å²) in [6.45, 7) is 6.69. The number of aryl methyl sites for hydroxylation is 2. The molecule has 31 heavy (non-hydrogen) atoms. The minimum Gasteiger partial charge on any atom is -0.496 e. The first-order valence-electron chi connectivity index (χ1n) is 11.7. The quantitative estimate of drug-likeness (QED) is 0.779. The van der Waals surface area contributed by atoms with E-state index in [1.165, 1.54) is 12.0 Å². The number of hydrogen-bond acceptors (Lipinski definition) is 5. The maximum absolute atomic E-state index is 12.7. The Morgan fingerprint density at radius 3 is 2.84 bits per heavy atom. The average molecular weight is 426 g/mol. The van der Waals surface area contributed by atoms with Crippen LogP contribution in [0, 0.1) is 19.8 Å². The third-order valence-corrected chi connectivity index (χ3v) is 6.99. The van der Waals surface area contributed by atoms with Crippen molar-refractivity contribution in [3.8, 4) is 5.75 Å². The maximum atomic E-state index is 12.7. The molecule has 0 bridgehead atoms. The van der Waals surface area contributed by atoms with Crippen molar-refractivity contribution in [2.45, 2.75) is 71.4 Å². The summed E-state index contributed by atoms with van der Waals surface area (Å²) in [7, 11) is 1.72. The molecule has 2 atom stereocenters. The lowest BCUT2D eigenvalue weighted by Crippen LogP contribution is -2.45. The molecule has 1 aliphatic heterocycles. The minimum atomic E-state index is 0.123. The molecule has 4 rings (SSSR count). The fourth-order valence-electron chi connectivity index (χ4n) is 5.25. The smallest absolute Gasteiger partial charge is 0.224 e. The lowest BCUT2D eigenvalue weighted by atomic mass is 9.97. The van der Waals surface area contributed by atoms with E-state index in [0.29, 0.717) is 6.04 Å². The number of carbonyl (C=O) groups excluding carboxylic acids is 1. The monoisotopic (exact) mass is 425 g/mol. The molecule has 2 aromatic rings. The fourth-order valence-corrected chi connectivity index (χ4v) is 5.25. The second kappa shape index (κ2) is 9.86. The van der Waals surface area contributed by atoms with Crippen LogP contribution in [0.25, 0.3) is 0 Å². The summed E-state index contributed by atoms with van der Waals surface area (Å²) in [5, 5.41) is 7.27. The lowest BCUT2D eigenvalue weighted by molar-refractivity contribution is -0.126. The number of carbonyl (C=O) groups is 1. The van der Waals surface area contributed by atoms with Crippen molar-refractivity contribution in [3.05, 3.63) is 46.3 Å². The van der Waals surface area contributed by atoms with Crippen LogP contribution in [0.2, 0.25) is 0 Å². The summed E-state index contributed by atoms with van der Waals surface area (Å²) >= 11 is 0. The summed E-state index contributed by atoms with van der Waals surface area (Å²) in [6, 6.07) is 6.83. The highest BCUT2D eigenvalue weighted by molar-refractivity contribution is 5.79. The fraction of sp³-hybridized carbons (Fsp3) is 0.600. The number of rotatable bonds is 5. The molecular formula is C25H35N3O3. The summed E-state index contributed by atoms with van der Waals surface area (Å²) in [6.07, 6.45) is 7.41. The molecule has 0 spiro atoms. The molecule has 1 aromatic carbocycles. The van der Waals surface area contributed by atoms with Gasteiger partial charge in [-0.3, -0.25) is 9.69 Å². The van der Waals surface area contributed by atoms with E-state index in [-0.39, 0.29) is 11.8 Å². The van der Waals surface area contributed by atoms with E-state index in [0.717, 1.165) is 86.5 Å². The van der Waals surface area contributed by atoms with Crippen LogP contribution in [0.1, 0.15) is 66.7 Å². The highest BCUT2D eigenvalue weighted by Crippen LogP contribution is 2.33. The molecule has 1 amide bonds. The first-order valence-corrected chi connectivity index (χ1v) is 11.7. The standard InChI is InChI=1S/C25H35N3O3/c1-17-22(18(2)31-27-17)15-20-14-19(10-11-24(20)30-3)16-28-13-6-4-5-12-26-25(29)21-8-7-9-23(21)28/h10-11,14,21,23H,4-9,12-13,15-16H2,1-3H3,(H,26,29)/t21-,23+/m1/s1. The number of nitrogens with zero attached hydrogens (tertiary/aromatic N) is 2. The summed E-state index contributed by atoms with van der Waals surface area (Å²) in [4.78, 5) is 15.3. The highest BCUT2D eigenvalue weighted by Gasteiger charge is 2.36. The number of methoxy groups -OCH3 is 1. The van der Waals surface area contributed by atoms with E-state index in [2.05, 4.69) is 33.6 Å². The molecule has 2 fully saturated rings.